The van der Waals surface area contributed by atoms with Crippen LogP contribution in [-0.4, -0.2) is 38.0 Å². The largest absolute Gasteiger partial charge is 0.347 e. The summed E-state index contributed by atoms with van der Waals surface area (Å²) in [4.78, 5) is 0. The van der Waals surface area contributed by atoms with Crippen LogP contribution < -0.4 is 0 Å². The van der Waals surface area contributed by atoms with Crippen LogP contribution in [0.5, 0.6) is 0 Å². The second kappa shape index (κ2) is 2.41. The highest BCUT2D eigenvalue weighted by Crippen LogP contribution is 2.95. The Morgan fingerprint density at radius 3 is 1.05 bits per heavy atom. The normalized spacial score (nSPS) is 73.2. The van der Waals surface area contributed by atoms with Gasteiger partial charge < -0.3 is 18.9 Å². The van der Waals surface area contributed by atoms with Gasteiger partial charge in [0.15, 0.2) is 11.6 Å². The predicted molar refractivity (Wildman–Crippen MR) is 64.2 cm³/mol. The van der Waals surface area contributed by atoms with Gasteiger partial charge in [-0.1, -0.05) is 0 Å². The zero-order chi connectivity index (χ0) is 12.4. The van der Waals surface area contributed by atoms with Crippen molar-refractivity contribution in [1.29, 1.82) is 0 Å². The molecule has 2 spiro atoms. The smallest absolute Gasteiger partial charge is 0.175 e. The molecule has 4 atom stereocenters. The molecular weight excluding hydrogens is 256 g/mol. The summed E-state index contributed by atoms with van der Waals surface area (Å²) >= 11 is 0. The van der Waals surface area contributed by atoms with E-state index in [4.69, 9.17) is 18.9 Å². The maximum Gasteiger partial charge on any atom is 0.175 e. The molecule has 0 radical (unpaired) electrons. The lowest BCUT2D eigenvalue weighted by molar-refractivity contribution is -0.220. The van der Waals surface area contributed by atoms with Gasteiger partial charge >= 0.3 is 0 Å². The monoisotopic (exact) mass is 274 g/mol. The third-order valence-electron chi connectivity index (χ3n) is 8.88. The summed E-state index contributed by atoms with van der Waals surface area (Å²) in [6.07, 6.45) is 0. The van der Waals surface area contributed by atoms with Crippen LogP contribution in [0.2, 0.25) is 0 Å². The molecule has 0 N–H and O–H groups in total. The van der Waals surface area contributed by atoms with E-state index in [9.17, 15) is 0 Å². The van der Waals surface area contributed by atoms with Gasteiger partial charge in [-0.25, -0.2) is 0 Å². The Kier molecular flexibility index (Phi) is 1.18. The number of ether oxygens (including phenoxy) is 4. The van der Waals surface area contributed by atoms with E-state index >= 15 is 0 Å². The van der Waals surface area contributed by atoms with Crippen molar-refractivity contribution in [2.45, 2.75) is 11.6 Å². The molecular formula is C16H18O4. The van der Waals surface area contributed by atoms with Crippen LogP contribution in [0.25, 0.3) is 0 Å². The van der Waals surface area contributed by atoms with Gasteiger partial charge in [0.05, 0.1) is 26.4 Å². The van der Waals surface area contributed by atoms with E-state index < -0.39 is 0 Å². The number of rotatable bonds is 0. The first kappa shape index (κ1) is 9.78. The van der Waals surface area contributed by atoms with Gasteiger partial charge in [0.25, 0.3) is 0 Å². The highest BCUT2D eigenvalue weighted by atomic mass is 16.7. The Morgan fingerprint density at radius 1 is 0.450 bits per heavy atom. The van der Waals surface area contributed by atoms with Crippen molar-refractivity contribution < 1.29 is 18.9 Å². The van der Waals surface area contributed by atoms with Gasteiger partial charge in [-0.05, 0) is 35.5 Å². The molecule has 9 fully saturated rings. The minimum Gasteiger partial charge on any atom is -0.347 e. The second-order valence-corrected chi connectivity index (χ2v) is 8.40. The Labute approximate surface area is 117 Å². The zero-order valence-corrected chi connectivity index (χ0v) is 11.2. The number of hydrogen-bond donors (Lipinski definition) is 0. The van der Waals surface area contributed by atoms with Crippen LogP contribution in [0.4, 0.5) is 0 Å². The Hall–Kier alpha value is -0.160. The van der Waals surface area contributed by atoms with E-state index in [-0.39, 0.29) is 11.6 Å². The van der Waals surface area contributed by atoms with E-state index in [1.165, 1.54) is 0 Å². The minimum absolute atomic E-state index is 0.165. The molecule has 9 aliphatic rings. The quantitative estimate of drug-likeness (QED) is 0.652. The first-order valence-corrected chi connectivity index (χ1v) is 8.46. The molecule has 2 aliphatic heterocycles. The molecule has 20 heavy (non-hydrogen) atoms. The van der Waals surface area contributed by atoms with E-state index in [0.29, 0.717) is 23.7 Å². The molecule has 4 nitrogen and oxygen atoms in total. The molecule has 4 bridgehead atoms. The summed E-state index contributed by atoms with van der Waals surface area (Å²) in [7, 11) is 0. The van der Waals surface area contributed by atoms with Crippen molar-refractivity contribution in [3.05, 3.63) is 0 Å². The fraction of sp³-hybridized carbons (Fsp3) is 1.00. The number of hydrogen-bond acceptors (Lipinski definition) is 4. The lowest BCUT2D eigenvalue weighted by Gasteiger charge is -2.43. The molecule has 0 amide bonds. The van der Waals surface area contributed by atoms with E-state index in [0.717, 1.165) is 61.9 Å². The van der Waals surface area contributed by atoms with Crippen LogP contribution in [0.1, 0.15) is 0 Å². The highest BCUT2D eigenvalue weighted by molar-refractivity contribution is 5.42. The van der Waals surface area contributed by atoms with E-state index in [1.807, 2.05) is 0 Å². The van der Waals surface area contributed by atoms with Gasteiger partial charge in [0.2, 0.25) is 0 Å². The molecule has 106 valence electrons. The van der Waals surface area contributed by atoms with Gasteiger partial charge in [0.1, 0.15) is 0 Å². The standard InChI is InChI=1S/C16H18O4/c1-2-18-15(17-1)11-5-6-8-7(5)13-9(11)10(12(6)15)14(8)16(13)19-3-4-20-16/h5-14H,1-4H2. The van der Waals surface area contributed by atoms with E-state index in [1.54, 1.807) is 0 Å². The summed E-state index contributed by atoms with van der Waals surface area (Å²) in [5.74, 6) is 7.46. The fourth-order valence-electron chi connectivity index (χ4n) is 9.48. The Balaban J connectivity index is 1.41. The average Bonchev–Trinajstić information content (AvgIpc) is 3.21. The second-order valence-electron chi connectivity index (χ2n) is 8.40. The third kappa shape index (κ3) is 0.575. The van der Waals surface area contributed by atoms with Crippen LogP contribution >= 0.6 is 0 Å². The third-order valence-corrected chi connectivity index (χ3v) is 8.88. The van der Waals surface area contributed by atoms with Crippen LogP contribution in [0.3, 0.4) is 0 Å². The van der Waals surface area contributed by atoms with Crippen LogP contribution in [0, 0.1) is 59.2 Å². The van der Waals surface area contributed by atoms with Gasteiger partial charge in [0, 0.05) is 23.7 Å². The van der Waals surface area contributed by atoms with Gasteiger partial charge in [-0.15, -0.1) is 0 Å². The minimum atomic E-state index is -0.165. The Bertz CT molecular complexity index is 469. The summed E-state index contributed by atoms with van der Waals surface area (Å²) in [6, 6.07) is 0. The highest BCUT2D eigenvalue weighted by Gasteiger charge is 2.99. The van der Waals surface area contributed by atoms with Crippen molar-refractivity contribution in [3.8, 4) is 0 Å². The first-order chi connectivity index (χ1) is 9.90. The van der Waals surface area contributed by atoms with Crippen molar-refractivity contribution in [3.63, 3.8) is 0 Å². The molecule has 7 saturated carbocycles. The van der Waals surface area contributed by atoms with Crippen molar-refractivity contribution in [2.24, 2.45) is 59.2 Å². The summed E-state index contributed by atoms with van der Waals surface area (Å²) in [5, 5.41) is 0. The fourth-order valence-corrected chi connectivity index (χ4v) is 9.48. The van der Waals surface area contributed by atoms with Gasteiger partial charge in [-0.2, -0.15) is 0 Å². The van der Waals surface area contributed by atoms with E-state index in [2.05, 4.69) is 0 Å². The van der Waals surface area contributed by atoms with Crippen molar-refractivity contribution in [2.75, 3.05) is 26.4 Å². The summed E-state index contributed by atoms with van der Waals surface area (Å²) in [6.45, 7) is 3.26. The van der Waals surface area contributed by atoms with Gasteiger partial charge in [-0.3, -0.25) is 0 Å². The van der Waals surface area contributed by atoms with Crippen LogP contribution in [0.15, 0.2) is 0 Å². The molecule has 4 heteroatoms. The molecule has 0 aromatic carbocycles. The lowest BCUT2D eigenvalue weighted by Crippen LogP contribution is -2.42. The SMILES string of the molecule is C1COC2(O1)C1C3C4C5C3C3C1C(C42)C5C31OCCO1. The topological polar surface area (TPSA) is 36.9 Å². The van der Waals surface area contributed by atoms with Crippen LogP contribution in [-0.2, 0) is 18.9 Å². The summed E-state index contributed by atoms with van der Waals surface area (Å²) in [5.41, 5.74) is 0. The first-order valence-electron chi connectivity index (χ1n) is 8.46. The predicted octanol–water partition coefficient (Wildman–Crippen LogP) is 0.716. The Morgan fingerprint density at radius 2 is 0.750 bits per heavy atom. The zero-order valence-electron chi connectivity index (χ0n) is 11.2. The molecule has 2 heterocycles. The van der Waals surface area contributed by atoms with Crippen molar-refractivity contribution >= 4 is 0 Å². The molecule has 0 aromatic rings. The van der Waals surface area contributed by atoms with Crippen molar-refractivity contribution in [1.82, 2.24) is 0 Å². The maximum absolute atomic E-state index is 6.28. The maximum atomic E-state index is 6.28. The summed E-state index contributed by atoms with van der Waals surface area (Å²) < 4.78 is 25.1. The molecule has 9 rings (SSSR count). The molecule has 0 aromatic heterocycles. The molecule has 2 saturated heterocycles. The molecule has 7 aliphatic carbocycles. The lowest BCUT2D eigenvalue weighted by atomic mass is 9.60. The molecule has 4 unspecified atom stereocenters. The average molecular weight is 274 g/mol.